The molecule has 0 aliphatic rings. The second-order valence-corrected chi connectivity index (χ2v) is 4.20. The lowest BCUT2D eigenvalue weighted by molar-refractivity contribution is -0.148. The van der Waals surface area contributed by atoms with E-state index in [4.69, 9.17) is 0 Å². The monoisotopic (exact) mass is 282 g/mol. The molecule has 0 saturated heterocycles. The van der Waals surface area contributed by atoms with Gasteiger partial charge in [-0.05, 0) is 0 Å². The van der Waals surface area contributed by atoms with Crippen molar-refractivity contribution in [1.29, 1.82) is 0 Å². The number of rotatable bonds is 5. The summed E-state index contributed by atoms with van der Waals surface area (Å²) < 4.78 is 55.0. The zero-order valence-corrected chi connectivity index (χ0v) is 9.46. The van der Waals surface area contributed by atoms with Gasteiger partial charge in [0.05, 0.1) is 0 Å². The fourth-order valence-electron chi connectivity index (χ4n) is 1.22. The Morgan fingerprint density at radius 3 is 2.89 bits per heavy atom. The van der Waals surface area contributed by atoms with Crippen LogP contribution < -0.4 is 4.74 Å². The topological polar surface area (TPSA) is 43.6 Å². The zero-order chi connectivity index (χ0) is 13.3. The summed E-state index contributed by atoms with van der Waals surface area (Å²) in [6.07, 6.45) is -1.97. The van der Waals surface area contributed by atoms with E-state index in [1.165, 1.54) is 10.6 Å². The van der Waals surface area contributed by atoms with Gasteiger partial charge in [-0.15, -0.1) is 11.3 Å². The first-order valence-electron chi connectivity index (χ1n) is 4.65. The van der Waals surface area contributed by atoms with Gasteiger partial charge in [-0.25, -0.2) is 8.78 Å². The molecule has 98 valence electrons. The number of aromatic nitrogens is 2. The highest BCUT2D eigenvalue weighted by molar-refractivity contribution is 7.15. The second kappa shape index (κ2) is 4.56. The van der Waals surface area contributed by atoms with Crippen LogP contribution >= 0.6 is 11.3 Å². The van der Waals surface area contributed by atoms with Crippen LogP contribution in [0.4, 0.5) is 17.6 Å². The van der Waals surface area contributed by atoms with Crippen molar-refractivity contribution in [3.8, 4) is 5.88 Å². The Kier molecular flexibility index (Phi) is 3.24. The number of aldehydes is 1. The number of carbonyl (C=O) groups excluding carboxylic acids is 1. The summed E-state index contributed by atoms with van der Waals surface area (Å²) in [6.45, 7) is -1.53. The summed E-state index contributed by atoms with van der Waals surface area (Å²) in [5.74, 6) is -4.66. The Labute approximate surface area is 102 Å². The van der Waals surface area contributed by atoms with E-state index in [1.54, 1.807) is 5.38 Å². The molecular formula is C9H6F4N2O2S. The maximum atomic E-state index is 12.7. The Morgan fingerprint density at radius 2 is 2.28 bits per heavy atom. The molecule has 0 bridgehead atoms. The van der Waals surface area contributed by atoms with E-state index in [9.17, 15) is 22.4 Å². The average Bonchev–Trinajstić information content (AvgIpc) is 2.85. The van der Waals surface area contributed by atoms with Crippen LogP contribution in [-0.4, -0.2) is 34.6 Å². The third kappa shape index (κ3) is 2.17. The van der Waals surface area contributed by atoms with Gasteiger partial charge >= 0.3 is 12.3 Å². The van der Waals surface area contributed by atoms with Crippen LogP contribution in [0.3, 0.4) is 0 Å². The largest absolute Gasteiger partial charge is 0.469 e. The van der Waals surface area contributed by atoms with Gasteiger partial charge in [0.15, 0.2) is 23.5 Å². The molecule has 0 radical (unpaired) electrons. The van der Waals surface area contributed by atoms with Crippen molar-refractivity contribution in [2.45, 2.75) is 12.3 Å². The van der Waals surface area contributed by atoms with Crippen LogP contribution in [0.1, 0.15) is 10.5 Å². The molecule has 0 fully saturated rings. The van der Waals surface area contributed by atoms with Gasteiger partial charge in [-0.3, -0.25) is 9.20 Å². The van der Waals surface area contributed by atoms with E-state index < -0.39 is 19.0 Å². The minimum Gasteiger partial charge on any atom is -0.469 e. The predicted molar refractivity (Wildman–Crippen MR) is 54.9 cm³/mol. The standard InChI is InChI=1S/C9H6F4N2O2S/c10-7(11)9(12,13)4-17-6-5(3-16)15-1-2-18-8(15)14-6/h1-3,7H,4H2. The molecule has 2 aromatic heterocycles. The summed E-state index contributed by atoms with van der Waals surface area (Å²) >= 11 is 1.15. The number of fused-ring (bicyclic) bond motifs is 1. The van der Waals surface area contributed by atoms with Crippen molar-refractivity contribution in [3.63, 3.8) is 0 Å². The Balaban J connectivity index is 2.21. The molecule has 9 heteroatoms. The molecule has 0 aromatic carbocycles. The summed E-state index contributed by atoms with van der Waals surface area (Å²) in [7, 11) is 0. The van der Waals surface area contributed by atoms with E-state index in [-0.39, 0.29) is 11.6 Å². The number of thiazole rings is 1. The minimum absolute atomic E-state index is 0.0867. The molecule has 0 spiro atoms. The average molecular weight is 282 g/mol. The van der Waals surface area contributed by atoms with Gasteiger partial charge in [0.2, 0.25) is 5.88 Å². The summed E-state index contributed by atoms with van der Waals surface area (Å²) in [5.41, 5.74) is -0.0867. The Morgan fingerprint density at radius 1 is 1.56 bits per heavy atom. The van der Waals surface area contributed by atoms with Crippen molar-refractivity contribution in [2.24, 2.45) is 0 Å². The van der Waals surface area contributed by atoms with Gasteiger partial charge in [0.25, 0.3) is 0 Å². The minimum atomic E-state index is -4.28. The van der Waals surface area contributed by atoms with Crippen LogP contribution in [0.2, 0.25) is 0 Å². The molecular weight excluding hydrogens is 276 g/mol. The number of carbonyl (C=O) groups is 1. The van der Waals surface area contributed by atoms with Crippen LogP contribution in [0.25, 0.3) is 4.96 Å². The molecule has 18 heavy (non-hydrogen) atoms. The number of ether oxygens (including phenoxy) is 1. The number of alkyl halides is 4. The van der Waals surface area contributed by atoms with E-state index in [0.717, 1.165) is 11.3 Å². The molecule has 0 N–H and O–H groups in total. The Hall–Kier alpha value is -1.64. The quantitative estimate of drug-likeness (QED) is 0.625. The lowest BCUT2D eigenvalue weighted by Crippen LogP contribution is -2.34. The SMILES string of the molecule is O=Cc1c(OCC(F)(F)C(F)F)nc2sccn12. The molecule has 0 amide bonds. The van der Waals surface area contributed by atoms with Crippen LogP contribution in [0.15, 0.2) is 11.6 Å². The second-order valence-electron chi connectivity index (χ2n) is 3.33. The number of hydrogen-bond acceptors (Lipinski definition) is 4. The third-order valence-corrected chi connectivity index (χ3v) is 2.85. The normalized spacial score (nSPS) is 12.3. The molecule has 0 saturated carbocycles. The summed E-state index contributed by atoms with van der Waals surface area (Å²) in [6, 6.07) is 0. The highest BCUT2D eigenvalue weighted by Gasteiger charge is 2.42. The maximum absolute atomic E-state index is 12.7. The third-order valence-electron chi connectivity index (χ3n) is 2.10. The van der Waals surface area contributed by atoms with Crippen molar-refractivity contribution < 1.29 is 27.1 Å². The molecule has 4 nitrogen and oxygen atoms in total. The van der Waals surface area contributed by atoms with E-state index in [1.807, 2.05) is 0 Å². The van der Waals surface area contributed by atoms with Crippen LogP contribution in [0, 0.1) is 0 Å². The van der Waals surface area contributed by atoms with Crippen LogP contribution in [-0.2, 0) is 0 Å². The number of hydrogen-bond donors (Lipinski definition) is 0. The first-order valence-corrected chi connectivity index (χ1v) is 5.53. The molecule has 0 atom stereocenters. The molecule has 2 aromatic rings. The smallest absolute Gasteiger partial charge is 0.340 e. The van der Waals surface area contributed by atoms with Crippen molar-refractivity contribution in [3.05, 3.63) is 17.3 Å². The lowest BCUT2D eigenvalue weighted by atomic mass is 10.4. The number of imidazole rings is 1. The fraction of sp³-hybridized carbons (Fsp3) is 0.333. The molecule has 2 rings (SSSR count). The predicted octanol–water partition coefficient (Wildman–Crippen LogP) is 2.49. The van der Waals surface area contributed by atoms with Crippen LogP contribution in [0.5, 0.6) is 5.88 Å². The molecule has 0 aliphatic heterocycles. The highest BCUT2D eigenvalue weighted by atomic mass is 32.1. The summed E-state index contributed by atoms with van der Waals surface area (Å²) in [5, 5.41) is 1.63. The van der Waals surface area contributed by atoms with Gasteiger partial charge < -0.3 is 4.74 Å². The molecule has 0 aliphatic carbocycles. The van der Waals surface area contributed by atoms with Crippen molar-refractivity contribution in [2.75, 3.05) is 6.61 Å². The van der Waals surface area contributed by atoms with Gasteiger partial charge in [0, 0.05) is 11.6 Å². The Bertz CT molecular complexity index is 566. The highest BCUT2D eigenvalue weighted by Crippen LogP contribution is 2.26. The fourth-order valence-corrected chi connectivity index (χ4v) is 1.94. The van der Waals surface area contributed by atoms with E-state index in [0.29, 0.717) is 11.2 Å². The van der Waals surface area contributed by atoms with E-state index in [2.05, 4.69) is 9.72 Å². The molecule has 0 unspecified atom stereocenters. The van der Waals surface area contributed by atoms with Gasteiger partial charge in [-0.1, -0.05) is 0 Å². The summed E-state index contributed by atoms with van der Waals surface area (Å²) in [4.78, 5) is 14.9. The first kappa shape index (κ1) is 12.8. The number of nitrogens with zero attached hydrogens (tertiary/aromatic N) is 2. The molecule has 2 heterocycles. The van der Waals surface area contributed by atoms with Crippen molar-refractivity contribution >= 4 is 22.6 Å². The zero-order valence-electron chi connectivity index (χ0n) is 8.65. The van der Waals surface area contributed by atoms with Crippen molar-refractivity contribution in [1.82, 2.24) is 9.38 Å². The van der Waals surface area contributed by atoms with Gasteiger partial charge in [0.1, 0.15) is 0 Å². The maximum Gasteiger partial charge on any atom is 0.340 e. The van der Waals surface area contributed by atoms with E-state index >= 15 is 0 Å². The lowest BCUT2D eigenvalue weighted by Gasteiger charge is -2.14. The first-order chi connectivity index (χ1) is 8.45. The van der Waals surface area contributed by atoms with Gasteiger partial charge in [-0.2, -0.15) is 13.8 Å². The number of halogens is 4.